The molecule has 0 atom stereocenters. The largest absolute Gasteiger partial charge is 0.496 e. The zero-order valence-electron chi connectivity index (χ0n) is 16.3. The molecule has 1 aromatic rings. The number of amides is 1. The van der Waals surface area contributed by atoms with Gasteiger partial charge in [-0.05, 0) is 43.9 Å². The number of benzene rings is 1. The van der Waals surface area contributed by atoms with Gasteiger partial charge in [-0.2, -0.15) is 0 Å². The molecule has 2 fully saturated rings. The summed E-state index contributed by atoms with van der Waals surface area (Å²) in [5.74, 6) is 0.435. The van der Waals surface area contributed by atoms with E-state index in [9.17, 15) is 13.2 Å². The molecule has 2 saturated heterocycles. The summed E-state index contributed by atoms with van der Waals surface area (Å²) in [6, 6.07) is 5.04. The zero-order valence-corrected chi connectivity index (χ0v) is 17.8. The van der Waals surface area contributed by atoms with Crippen LogP contribution in [0.15, 0.2) is 18.2 Å². The van der Waals surface area contributed by atoms with E-state index in [4.69, 9.17) is 21.1 Å². The summed E-state index contributed by atoms with van der Waals surface area (Å²) in [6.07, 6.45) is 4.38. The number of piperidine rings is 2. The summed E-state index contributed by atoms with van der Waals surface area (Å²) in [5.41, 5.74) is 0.475. The first kappa shape index (κ1) is 21.4. The Morgan fingerprint density at radius 2 is 1.64 bits per heavy atom. The van der Waals surface area contributed by atoms with E-state index in [0.29, 0.717) is 55.4 Å². The van der Waals surface area contributed by atoms with Gasteiger partial charge in [-0.25, -0.2) is 12.7 Å². The zero-order chi connectivity index (χ0) is 20.3. The molecular formula is C19H27ClN2O5S. The number of ether oxygens (including phenoxy) is 2. The van der Waals surface area contributed by atoms with Gasteiger partial charge in [0.25, 0.3) is 5.91 Å². The summed E-state index contributed by atoms with van der Waals surface area (Å²) < 4.78 is 36.2. The van der Waals surface area contributed by atoms with Crippen LogP contribution < -0.4 is 4.74 Å². The van der Waals surface area contributed by atoms with Crippen molar-refractivity contribution in [3.05, 3.63) is 28.8 Å². The van der Waals surface area contributed by atoms with E-state index in [-0.39, 0.29) is 18.1 Å². The number of rotatable bonds is 5. The lowest BCUT2D eigenvalue weighted by Gasteiger charge is -2.36. The predicted molar refractivity (Wildman–Crippen MR) is 107 cm³/mol. The van der Waals surface area contributed by atoms with Crippen molar-refractivity contribution >= 4 is 27.5 Å². The standard InChI is InChI=1S/C19H27ClN2O5S/c1-26-18-4-3-14(20)13-17(18)19(23)21-9-5-15(6-10-21)27-16-7-11-22(12-8-16)28(2,24)25/h3-4,13,15-16H,5-12H2,1-2H3. The number of halogens is 1. The van der Waals surface area contributed by atoms with Crippen LogP contribution in [0.2, 0.25) is 5.02 Å². The van der Waals surface area contributed by atoms with Crippen LogP contribution in [0.4, 0.5) is 0 Å². The summed E-state index contributed by atoms with van der Waals surface area (Å²) >= 11 is 6.04. The Morgan fingerprint density at radius 3 is 2.18 bits per heavy atom. The van der Waals surface area contributed by atoms with Gasteiger partial charge in [0, 0.05) is 31.2 Å². The van der Waals surface area contributed by atoms with Crippen LogP contribution in [0.25, 0.3) is 0 Å². The molecule has 7 nitrogen and oxygen atoms in total. The first-order chi connectivity index (χ1) is 13.3. The van der Waals surface area contributed by atoms with Gasteiger partial charge in [0.15, 0.2) is 0 Å². The molecule has 2 aliphatic heterocycles. The van der Waals surface area contributed by atoms with E-state index >= 15 is 0 Å². The Labute approximate surface area is 171 Å². The maximum absolute atomic E-state index is 12.8. The van der Waals surface area contributed by atoms with Gasteiger partial charge >= 0.3 is 0 Å². The van der Waals surface area contributed by atoms with Crippen LogP contribution in [0.1, 0.15) is 36.0 Å². The van der Waals surface area contributed by atoms with Gasteiger partial charge in [0.05, 0.1) is 31.1 Å². The average molecular weight is 431 g/mol. The quantitative estimate of drug-likeness (QED) is 0.716. The van der Waals surface area contributed by atoms with Crippen molar-refractivity contribution in [3.8, 4) is 5.75 Å². The third-order valence-corrected chi connectivity index (χ3v) is 6.91. The normalized spacial score (nSPS) is 20.3. The van der Waals surface area contributed by atoms with Gasteiger partial charge in [0.2, 0.25) is 10.0 Å². The molecule has 0 unspecified atom stereocenters. The molecule has 0 radical (unpaired) electrons. The van der Waals surface area contributed by atoms with E-state index in [2.05, 4.69) is 0 Å². The molecule has 0 bridgehead atoms. The summed E-state index contributed by atoms with van der Waals surface area (Å²) in [4.78, 5) is 14.6. The number of hydrogen-bond donors (Lipinski definition) is 0. The Balaban J connectivity index is 1.50. The van der Waals surface area contributed by atoms with E-state index in [1.807, 2.05) is 0 Å². The predicted octanol–water partition coefficient (Wildman–Crippen LogP) is 2.39. The van der Waals surface area contributed by atoms with Gasteiger partial charge in [-0.1, -0.05) is 11.6 Å². The molecule has 0 aliphatic carbocycles. The SMILES string of the molecule is COc1ccc(Cl)cc1C(=O)N1CCC(OC2CCN(S(C)(=O)=O)CC2)CC1. The highest BCUT2D eigenvalue weighted by molar-refractivity contribution is 7.88. The minimum Gasteiger partial charge on any atom is -0.496 e. The molecular weight excluding hydrogens is 404 g/mol. The second kappa shape index (κ2) is 8.98. The van der Waals surface area contributed by atoms with Crippen LogP contribution in [0, 0.1) is 0 Å². The van der Waals surface area contributed by atoms with Crippen molar-refractivity contribution in [2.45, 2.75) is 37.9 Å². The van der Waals surface area contributed by atoms with Gasteiger partial charge in [-0.3, -0.25) is 4.79 Å². The number of sulfonamides is 1. The van der Waals surface area contributed by atoms with Crippen molar-refractivity contribution < 1.29 is 22.7 Å². The summed E-state index contributed by atoms with van der Waals surface area (Å²) in [6.45, 7) is 2.24. The lowest BCUT2D eigenvalue weighted by Crippen LogP contribution is -2.44. The first-order valence-electron chi connectivity index (χ1n) is 9.51. The Kier molecular flexibility index (Phi) is 6.85. The van der Waals surface area contributed by atoms with Crippen LogP contribution in [0.5, 0.6) is 5.75 Å². The molecule has 3 rings (SSSR count). The molecule has 156 valence electrons. The Hall–Kier alpha value is -1.35. The van der Waals surface area contributed by atoms with E-state index in [1.54, 1.807) is 23.1 Å². The third kappa shape index (κ3) is 5.17. The van der Waals surface area contributed by atoms with Crippen LogP contribution in [0.3, 0.4) is 0 Å². The molecule has 0 spiro atoms. The molecule has 0 aromatic heterocycles. The maximum Gasteiger partial charge on any atom is 0.257 e. The minimum atomic E-state index is -3.12. The van der Waals surface area contributed by atoms with Crippen LogP contribution >= 0.6 is 11.6 Å². The number of carbonyl (C=O) groups excluding carboxylic acids is 1. The summed E-state index contributed by atoms with van der Waals surface area (Å²) in [5, 5.41) is 0.503. The molecule has 9 heteroatoms. The Morgan fingerprint density at radius 1 is 1.07 bits per heavy atom. The van der Waals surface area contributed by atoms with Crippen molar-refractivity contribution in [1.82, 2.24) is 9.21 Å². The van der Waals surface area contributed by atoms with Crippen LogP contribution in [-0.4, -0.2) is 75.3 Å². The summed E-state index contributed by atoms with van der Waals surface area (Å²) in [7, 11) is -1.58. The fourth-order valence-electron chi connectivity index (χ4n) is 3.78. The van der Waals surface area contributed by atoms with Crippen molar-refractivity contribution in [1.29, 1.82) is 0 Å². The number of methoxy groups -OCH3 is 1. The number of carbonyl (C=O) groups is 1. The molecule has 28 heavy (non-hydrogen) atoms. The average Bonchev–Trinajstić information content (AvgIpc) is 2.68. The second-order valence-corrected chi connectivity index (χ2v) is 9.75. The topological polar surface area (TPSA) is 76.2 Å². The van der Waals surface area contributed by atoms with Gasteiger partial charge < -0.3 is 14.4 Å². The number of likely N-dealkylation sites (tertiary alicyclic amines) is 1. The van der Waals surface area contributed by atoms with Gasteiger partial charge in [-0.15, -0.1) is 0 Å². The fourth-order valence-corrected chi connectivity index (χ4v) is 4.83. The smallest absolute Gasteiger partial charge is 0.257 e. The molecule has 0 saturated carbocycles. The number of hydrogen-bond acceptors (Lipinski definition) is 5. The third-order valence-electron chi connectivity index (χ3n) is 5.38. The van der Waals surface area contributed by atoms with Crippen molar-refractivity contribution in [2.24, 2.45) is 0 Å². The lowest BCUT2D eigenvalue weighted by atomic mass is 10.0. The second-order valence-electron chi connectivity index (χ2n) is 7.33. The minimum absolute atomic E-state index is 0.0817. The lowest BCUT2D eigenvalue weighted by molar-refractivity contribution is -0.0557. The van der Waals surface area contributed by atoms with Crippen molar-refractivity contribution in [2.75, 3.05) is 39.5 Å². The number of nitrogens with zero attached hydrogens (tertiary/aromatic N) is 2. The van der Waals surface area contributed by atoms with Crippen molar-refractivity contribution in [3.63, 3.8) is 0 Å². The van der Waals surface area contributed by atoms with E-state index in [0.717, 1.165) is 12.8 Å². The molecule has 2 aliphatic rings. The molecule has 1 amide bonds. The molecule has 2 heterocycles. The molecule has 0 N–H and O–H groups in total. The van der Waals surface area contributed by atoms with Crippen LogP contribution in [-0.2, 0) is 14.8 Å². The molecule has 1 aromatic carbocycles. The highest BCUT2D eigenvalue weighted by Crippen LogP contribution is 2.27. The van der Waals surface area contributed by atoms with E-state index < -0.39 is 10.0 Å². The first-order valence-corrected chi connectivity index (χ1v) is 11.7. The van der Waals surface area contributed by atoms with E-state index in [1.165, 1.54) is 17.7 Å². The maximum atomic E-state index is 12.8. The fraction of sp³-hybridized carbons (Fsp3) is 0.632. The monoisotopic (exact) mass is 430 g/mol. The highest BCUT2D eigenvalue weighted by atomic mass is 35.5. The highest BCUT2D eigenvalue weighted by Gasteiger charge is 2.30. The Bertz CT molecular complexity index is 801. The van der Waals surface area contributed by atoms with Gasteiger partial charge in [0.1, 0.15) is 5.75 Å².